The zero-order chi connectivity index (χ0) is 24.2. The molecule has 35 heavy (non-hydrogen) atoms. The highest BCUT2D eigenvalue weighted by molar-refractivity contribution is 6.30. The summed E-state index contributed by atoms with van der Waals surface area (Å²) in [5.74, 6) is -0.129. The highest BCUT2D eigenvalue weighted by Crippen LogP contribution is 2.28. The van der Waals surface area contributed by atoms with Crippen LogP contribution in [0.4, 0.5) is 5.82 Å². The Morgan fingerprint density at radius 1 is 1.00 bits per heavy atom. The van der Waals surface area contributed by atoms with Gasteiger partial charge in [-0.05, 0) is 48.2 Å². The summed E-state index contributed by atoms with van der Waals surface area (Å²) in [4.78, 5) is 22.6. The van der Waals surface area contributed by atoms with E-state index in [1.807, 2.05) is 54.6 Å². The molecule has 0 aliphatic rings. The molecular weight excluding hydrogens is 460 g/mol. The Hall–Kier alpha value is -4.23. The van der Waals surface area contributed by atoms with Crippen molar-refractivity contribution in [3.63, 3.8) is 0 Å². The van der Waals surface area contributed by atoms with Crippen LogP contribution in [0.2, 0.25) is 5.02 Å². The van der Waals surface area contributed by atoms with Crippen molar-refractivity contribution in [2.45, 2.75) is 12.8 Å². The van der Waals surface area contributed by atoms with Gasteiger partial charge in [0.05, 0.1) is 17.2 Å². The number of nitrogens with zero attached hydrogens (tertiary/aromatic N) is 4. The molecule has 0 fully saturated rings. The van der Waals surface area contributed by atoms with Crippen LogP contribution in [0.5, 0.6) is 0 Å². The Bertz CT molecular complexity index is 1540. The molecule has 0 aliphatic heterocycles. The van der Waals surface area contributed by atoms with Gasteiger partial charge in [0, 0.05) is 11.6 Å². The number of nitrogens with one attached hydrogen (secondary N) is 1. The highest BCUT2D eigenvalue weighted by Gasteiger charge is 2.23. The Morgan fingerprint density at radius 3 is 2.51 bits per heavy atom. The molecule has 5 rings (SSSR count). The van der Waals surface area contributed by atoms with Gasteiger partial charge in [-0.15, -0.1) is 0 Å². The fourth-order valence-corrected chi connectivity index (χ4v) is 4.13. The zero-order valence-corrected chi connectivity index (χ0v) is 19.6. The minimum absolute atomic E-state index is 0.175. The monoisotopic (exact) mass is 482 g/mol. The van der Waals surface area contributed by atoms with E-state index in [4.69, 9.17) is 27.3 Å². The Kier molecular flexibility index (Phi) is 6.41. The molecule has 3 aromatic carbocycles. The van der Waals surface area contributed by atoms with E-state index in [-0.39, 0.29) is 17.3 Å². The first kappa shape index (κ1) is 22.6. The molecule has 0 radical (unpaired) electrons. The summed E-state index contributed by atoms with van der Waals surface area (Å²) in [6.07, 6.45) is 3.29. The number of fused-ring (bicyclic) bond motifs is 2. The minimum atomic E-state index is -0.304. The number of anilines is 1. The lowest BCUT2D eigenvalue weighted by Gasteiger charge is -2.06. The van der Waals surface area contributed by atoms with E-state index in [9.17, 15) is 4.79 Å². The van der Waals surface area contributed by atoms with Gasteiger partial charge in [0.15, 0.2) is 5.65 Å². The Labute approximate surface area is 207 Å². The third-order valence-corrected chi connectivity index (χ3v) is 5.88. The number of nitrogen functional groups attached to an aromatic ring is 1. The lowest BCUT2D eigenvalue weighted by molar-refractivity contribution is 0.0955. The highest BCUT2D eigenvalue weighted by atomic mass is 35.5. The van der Waals surface area contributed by atoms with E-state index in [0.29, 0.717) is 33.8 Å². The van der Waals surface area contributed by atoms with Crippen LogP contribution < -0.4 is 11.1 Å². The van der Waals surface area contributed by atoms with E-state index < -0.39 is 0 Å². The van der Waals surface area contributed by atoms with Crippen LogP contribution >= 0.6 is 11.6 Å². The molecule has 1 amide bonds. The molecule has 2 heterocycles. The molecule has 0 aliphatic carbocycles. The summed E-state index contributed by atoms with van der Waals surface area (Å²) < 4.78 is 1.45. The van der Waals surface area contributed by atoms with Gasteiger partial charge in [0.25, 0.3) is 5.91 Å². The fraction of sp³-hybridized carbons (Fsp3) is 0.111. The largest absolute Gasteiger partial charge is 0.383 e. The third kappa shape index (κ3) is 4.85. The summed E-state index contributed by atoms with van der Waals surface area (Å²) in [5, 5.41) is 8.09. The Morgan fingerprint density at radius 2 is 1.74 bits per heavy atom. The van der Waals surface area contributed by atoms with Crippen molar-refractivity contribution in [1.82, 2.24) is 20.0 Å². The fourth-order valence-electron chi connectivity index (χ4n) is 3.93. The molecule has 0 saturated carbocycles. The predicted molar refractivity (Wildman–Crippen MR) is 141 cm³/mol. The van der Waals surface area contributed by atoms with Crippen molar-refractivity contribution in [2.75, 3.05) is 12.3 Å². The van der Waals surface area contributed by atoms with E-state index in [1.54, 1.807) is 18.3 Å². The molecule has 5 aromatic rings. The van der Waals surface area contributed by atoms with Crippen LogP contribution in [-0.2, 0) is 6.42 Å². The van der Waals surface area contributed by atoms with Gasteiger partial charge in [0.2, 0.25) is 0 Å². The first-order valence-electron chi connectivity index (χ1n) is 11.3. The van der Waals surface area contributed by atoms with Gasteiger partial charge in [-0.3, -0.25) is 4.79 Å². The topological polar surface area (TPSA) is 98.2 Å². The Balaban J connectivity index is 1.48. The summed E-state index contributed by atoms with van der Waals surface area (Å²) in [7, 11) is 0. The number of amides is 1. The van der Waals surface area contributed by atoms with E-state index in [1.165, 1.54) is 10.2 Å². The zero-order valence-electron chi connectivity index (χ0n) is 18.9. The van der Waals surface area contributed by atoms with Crippen LogP contribution in [0.15, 0.2) is 84.0 Å². The molecule has 0 unspecified atom stereocenters. The molecule has 0 spiro atoms. The van der Waals surface area contributed by atoms with Gasteiger partial charge in [-0.1, -0.05) is 66.2 Å². The van der Waals surface area contributed by atoms with E-state index in [2.05, 4.69) is 22.6 Å². The minimum Gasteiger partial charge on any atom is -0.383 e. The van der Waals surface area contributed by atoms with E-state index >= 15 is 0 Å². The second-order valence-corrected chi connectivity index (χ2v) is 8.54. The van der Waals surface area contributed by atoms with Crippen molar-refractivity contribution in [1.29, 1.82) is 0 Å². The smallest absolute Gasteiger partial charge is 0.257 e. The number of para-hydroxylation sites is 2. The average Bonchev–Trinajstić information content (AvgIpc) is 3.14. The summed E-state index contributed by atoms with van der Waals surface area (Å²) >= 11 is 6.10. The summed E-state index contributed by atoms with van der Waals surface area (Å²) in [6, 6.07) is 24.9. The SMILES string of the molecule is Nc1c(C(=O)NCCCc2ccccc2)c2nc3ccccc3nc2n1/N=C\c1cccc(Cl)c1. The number of aryl methyl sites for hydroxylation is 1. The number of carbonyl (C=O) groups excluding carboxylic acids is 1. The van der Waals surface area contributed by atoms with E-state index in [0.717, 1.165) is 18.4 Å². The van der Waals surface area contributed by atoms with Gasteiger partial charge in [0.1, 0.15) is 16.9 Å². The number of nitrogens with two attached hydrogens (primary N) is 1. The maximum absolute atomic E-state index is 13.2. The maximum Gasteiger partial charge on any atom is 0.257 e. The third-order valence-electron chi connectivity index (χ3n) is 5.64. The second kappa shape index (κ2) is 9.95. The van der Waals surface area contributed by atoms with Gasteiger partial charge >= 0.3 is 0 Å². The lowest BCUT2D eigenvalue weighted by Crippen LogP contribution is -2.25. The second-order valence-electron chi connectivity index (χ2n) is 8.10. The van der Waals surface area contributed by atoms with Crippen molar-refractivity contribution in [3.8, 4) is 0 Å². The molecule has 3 N–H and O–H groups in total. The van der Waals surface area contributed by atoms with Crippen molar-refractivity contribution < 1.29 is 4.79 Å². The van der Waals surface area contributed by atoms with Crippen LogP contribution in [-0.4, -0.2) is 33.3 Å². The molecular formula is C27H23ClN6O. The number of halogens is 1. The molecule has 2 aromatic heterocycles. The van der Waals surface area contributed by atoms with Crippen molar-refractivity contribution >= 4 is 51.7 Å². The average molecular weight is 483 g/mol. The van der Waals surface area contributed by atoms with Crippen molar-refractivity contribution in [3.05, 3.63) is 101 Å². The molecule has 7 nitrogen and oxygen atoms in total. The first-order valence-corrected chi connectivity index (χ1v) is 11.7. The molecule has 0 bridgehead atoms. The number of rotatable bonds is 7. The number of aromatic nitrogens is 3. The van der Waals surface area contributed by atoms with Crippen LogP contribution in [0.25, 0.3) is 22.2 Å². The van der Waals surface area contributed by atoms with Crippen molar-refractivity contribution in [2.24, 2.45) is 5.10 Å². The maximum atomic E-state index is 13.2. The number of hydrogen-bond donors (Lipinski definition) is 2. The summed E-state index contributed by atoms with van der Waals surface area (Å²) in [6.45, 7) is 0.507. The van der Waals surface area contributed by atoms with Crippen LogP contribution in [0.1, 0.15) is 27.9 Å². The quantitative estimate of drug-likeness (QED) is 0.250. The number of benzene rings is 3. The van der Waals surface area contributed by atoms with Gasteiger partial charge in [-0.25, -0.2) is 9.97 Å². The van der Waals surface area contributed by atoms with Crippen LogP contribution in [0.3, 0.4) is 0 Å². The standard InChI is InChI=1S/C27H23ClN6O/c28-20-12-6-10-19(16-20)17-31-34-25(29)23(24-26(34)33-22-14-5-4-13-21(22)32-24)27(35)30-15-7-11-18-8-2-1-3-9-18/h1-6,8-10,12-14,16-17H,7,11,15,29H2,(H,30,35)/b31-17-. The van der Waals surface area contributed by atoms with Crippen LogP contribution in [0, 0.1) is 0 Å². The molecule has 0 saturated heterocycles. The molecule has 0 atom stereocenters. The lowest BCUT2D eigenvalue weighted by atomic mass is 10.1. The predicted octanol–water partition coefficient (Wildman–Crippen LogP) is 5.06. The number of carbonyl (C=O) groups is 1. The molecule has 8 heteroatoms. The summed E-state index contributed by atoms with van der Waals surface area (Å²) in [5.41, 5.74) is 10.9. The van der Waals surface area contributed by atoms with Gasteiger partial charge < -0.3 is 11.1 Å². The first-order chi connectivity index (χ1) is 17.1. The molecule has 174 valence electrons. The van der Waals surface area contributed by atoms with Gasteiger partial charge in [-0.2, -0.15) is 9.78 Å². The normalized spacial score (nSPS) is 11.5. The number of hydrogen-bond acceptors (Lipinski definition) is 5.